The lowest BCUT2D eigenvalue weighted by Gasteiger charge is -2.36. The largest absolute Gasteiger partial charge is 0.369 e. The van der Waals surface area contributed by atoms with Gasteiger partial charge in [0.15, 0.2) is 0 Å². The number of piperazine rings is 1. The van der Waals surface area contributed by atoms with Crippen LogP contribution in [0.1, 0.15) is 31.2 Å². The molecule has 1 N–H and O–H groups in total. The Bertz CT molecular complexity index is 934. The van der Waals surface area contributed by atoms with E-state index < -0.39 is 0 Å². The van der Waals surface area contributed by atoms with Crippen molar-refractivity contribution < 1.29 is 9.59 Å². The predicted molar refractivity (Wildman–Crippen MR) is 126 cm³/mol. The molecule has 168 valence electrons. The molecule has 2 amide bonds. The minimum atomic E-state index is -0.319. The fourth-order valence-electron chi connectivity index (χ4n) is 4.85. The summed E-state index contributed by atoms with van der Waals surface area (Å²) in [7, 11) is 0. The van der Waals surface area contributed by atoms with Crippen molar-refractivity contribution in [2.24, 2.45) is 5.92 Å². The fourth-order valence-corrected chi connectivity index (χ4v) is 4.85. The number of nitrogens with zero attached hydrogens (tertiary/aromatic N) is 3. The van der Waals surface area contributed by atoms with Gasteiger partial charge in [-0.25, -0.2) is 0 Å². The quantitative estimate of drug-likeness (QED) is 0.761. The molecule has 6 heteroatoms. The van der Waals surface area contributed by atoms with Crippen molar-refractivity contribution in [2.45, 2.75) is 38.3 Å². The molecule has 6 nitrogen and oxygen atoms in total. The SMILES string of the molecule is O=C(Nc1ccc(N2CCN(Cc3ccccc3)CC2)cc1)C1CCCN1C(=O)C1CC1. The third-order valence-corrected chi connectivity index (χ3v) is 6.89. The van der Waals surface area contributed by atoms with E-state index >= 15 is 0 Å². The highest BCUT2D eigenvalue weighted by atomic mass is 16.2. The molecule has 2 aliphatic heterocycles. The molecule has 1 saturated carbocycles. The smallest absolute Gasteiger partial charge is 0.247 e. The van der Waals surface area contributed by atoms with Gasteiger partial charge in [-0.2, -0.15) is 0 Å². The lowest BCUT2D eigenvalue weighted by molar-refractivity contribution is -0.137. The van der Waals surface area contributed by atoms with Gasteiger partial charge in [0.25, 0.3) is 0 Å². The molecule has 1 atom stereocenters. The van der Waals surface area contributed by atoms with Gasteiger partial charge >= 0.3 is 0 Å². The zero-order chi connectivity index (χ0) is 21.9. The van der Waals surface area contributed by atoms with Gasteiger partial charge in [0, 0.05) is 56.6 Å². The van der Waals surface area contributed by atoms with Crippen molar-refractivity contribution in [3.63, 3.8) is 0 Å². The molecule has 0 aromatic heterocycles. The Morgan fingerprint density at radius 3 is 2.25 bits per heavy atom. The zero-order valence-electron chi connectivity index (χ0n) is 18.6. The second-order valence-electron chi connectivity index (χ2n) is 9.25. The van der Waals surface area contributed by atoms with Gasteiger partial charge in [-0.05, 0) is 55.5 Å². The number of carbonyl (C=O) groups excluding carboxylic acids is 2. The van der Waals surface area contributed by atoms with Crippen molar-refractivity contribution in [3.05, 3.63) is 60.2 Å². The highest BCUT2D eigenvalue weighted by Gasteiger charge is 2.40. The molecule has 1 aliphatic carbocycles. The first kappa shape index (κ1) is 21.0. The summed E-state index contributed by atoms with van der Waals surface area (Å²) in [6, 6.07) is 18.4. The topological polar surface area (TPSA) is 55.9 Å². The molecule has 0 radical (unpaired) electrons. The van der Waals surface area contributed by atoms with E-state index in [1.807, 2.05) is 12.1 Å². The van der Waals surface area contributed by atoms with Gasteiger partial charge in [-0.3, -0.25) is 14.5 Å². The Kier molecular flexibility index (Phi) is 6.12. The molecule has 0 bridgehead atoms. The van der Waals surface area contributed by atoms with E-state index in [9.17, 15) is 9.59 Å². The van der Waals surface area contributed by atoms with Crippen LogP contribution in [-0.4, -0.2) is 60.4 Å². The Labute approximate surface area is 190 Å². The molecular formula is C26H32N4O2. The lowest BCUT2D eigenvalue weighted by Crippen LogP contribution is -2.46. The molecule has 3 fully saturated rings. The minimum Gasteiger partial charge on any atom is -0.369 e. The summed E-state index contributed by atoms with van der Waals surface area (Å²) in [5.41, 5.74) is 3.35. The number of carbonyl (C=O) groups is 2. The number of hydrogen-bond donors (Lipinski definition) is 1. The average molecular weight is 433 g/mol. The lowest BCUT2D eigenvalue weighted by atomic mass is 10.1. The van der Waals surface area contributed by atoms with E-state index in [1.54, 1.807) is 4.90 Å². The number of hydrogen-bond acceptors (Lipinski definition) is 4. The van der Waals surface area contributed by atoms with Crippen molar-refractivity contribution in [3.8, 4) is 0 Å². The number of likely N-dealkylation sites (tertiary alicyclic amines) is 1. The first-order chi connectivity index (χ1) is 15.7. The van der Waals surface area contributed by atoms with Crippen LogP contribution < -0.4 is 10.2 Å². The van der Waals surface area contributed by atoms with Crippen LogP contribution in [0.4, 0.5) is 11.4 Å². The summed E-state index contributed by atoms with van der Waals surface area (Å²) in [4.78, 5) is 32.0. The summed E-state index contributed by atoms with van der Waals surface area (Å²) in [5.74, 6) is 0.277. The summed E-state index contributed by atoms with van der Waals surface area (Å²) in [6.07, 6.45) is 3.62. The molecule has 3 aliphatic rings. The van der Waals surface area contributed by atoms with E-state index in [0.717, 1.165) is 64.1 Å². The van der Waals surface area contributed by atoms with Crippen LogP contribution in [0.15, 0.2) is 54.6 Å². The second kappa shape index (κ2) is 9.33. The van der Waals surface area contributed by atoms with E-state index in [1.165, 1.54) is 11.3 Å². The maximum atomic E-state index is 12.8. The maximum absolute atomic E-state index is 12.8. The van der Waals surface area contributed by atoms with Crippen LogP contribution in [0.2, 0.25) is 0 Å². The van der Waals surface area contributed by atoms with Crippen LogP contribution in [0.25, 0.3) is 0 Å². The van der Waals surface area contributed by atoms with Gasteiger partial charge in [0.2, 0.25) is 11.8 Å². The van der Waals surface area contributed by atoms with Crippen LogP contribution in [0.5, 0.6) is 0 Å². The van der Waals surface area contributed by atoms with E-state index in [-0.39, 0.29) is 23.8 Å². The van der Waals surface area contributed by atoms with Crippen molar-refractivity contribution in [2.75, 3.05) is 42.9 Å². The third-order valence-electron chi connectivity index (χ3n) is 6.89. The highest BCUT2D eigenvalue weighted by Crippen LogP contribution is 2.34. The Hall–Kier alpha value is -2.86. The Morgan fingerprint density at radius 2 is 1.56 bits per heavy atom. The Morgan fingerprint density at radius 1 is 0.844 bits per heavy atom. The standard InChI is InChI=1S/C26H32N4O2/c31-25(24-7-4-14-30(24)26(32)21-8-9-21)27-22-10-12-23(13-11-22)29-17-15-28(16-18-29)19-20-5-2-1-3-6-20/h1-3,5-6,10-13,21,24H,4,7-9,14-19H2,(H,27,31). The third kappa shape index (κ3) is 4.80. The van der Waals surface area contributed by atoms with Gasteiger partial charge in [-0.1, -0.05) is 30.3 Å². The van der Waals surface area contributed by atoms with Crippen molar-refractivity contribution in [1.29, 1.82) is 0 Å². The van der Waals surface area contributed by atoms with Crippen molar-refractivity contribution >= 4 is 23.2 Å². The zero-order valence-corrected chi connectivity index (χ0v) is 18.6. The van der Waals surface area contributed by atoms with Gasteiger partial charge in [-0.15, -0.1) is 0 Å². The summed E-state index contributed by atoms with van der Waals surface area (Å²) in [5, 5.41) is 3.03. The number of amides is 2. The average Bonchev–Trinajstić information content (AvgIpc) is 3.56. The fraction of sp³-hybridized carbons (Fsp3) is 0.462. The van der Waals surface area contributed by atoms with Gasteiger partial charge < -0.3 is 15.1 Å². The second-order valence-corrected chi connectivity index (χ2v) is 9.25. The van der Waals surface area contributed by atoms with Gasteiger partial charge in [0.05, 0.1) is 0 Å². The number of nitrogens with one attached hydrogen (secondary N) is 1. The van der Waals surface area contributed by atoms with Crippen molar-refractivity contribution in [1.82, 2.24) is 9.80 Å². The number of benzene rings is 2. The molecule has 5 rings (SSSR count). The summed E-state index contributed by atoms with van der Waals surface area (Å²) in [6.45, 7) is 5.79. The molecular weight excluding hydrogens is 400 g/mol. The van der Waals surface area contributed by atoms with Crippen LogP contribution in [-0.2, 0) is 16.1 Å². The first-order valence-electron chi connectivity index (χ1n) is 11.9. The molecule has 2 aromatic carbocycles. The summed E-state index contributed by atoms with van der Waals surface area (Å²) < 4.78 is 0. The van der Waals surface area contributed by atoms with Crippen LogP contribution in [0, 0.1) is 5.92 Å². The molecule has 2 heterocycles. The molecule has 1 unspecified atom stereocenters. The van der Waals surface area contributed by atoms with E-state index in [2.05, 4.69) is 57.6 Å². The molecule has 2 saturated heterocycles. The number of anilines is 2. The number of rotatable bonds is 6. The maximum Gasteiger partial charge on any atom is 0.247 e. The minimum absolute atomic E-state index is 0.0567. The van der Waals surface area contributed by atoms with E-state index in [0.29, 0.717) is 6.54 Å². The Balaban J connectivity index is 1.13. The highest BCUT2D eigenvalue weighted by molar-refractivity contribution is 5.98. The summed E-state index contributed by atoms with van der Waals surface area (Å²) >= 11 is 0. The van der Waals surface area contributed by atoms with E-state index in [4.69, 9.17) is 0 Å². The molecule has 0 spiro atoms. The van der Waals surface area contributed by atoms with Crippen LogP contribution >= 0.6 is 0 Å². The molecule has 32 heavy (non-hydrogen) atoms. The normalized spacial score (nSPS) is 21.6. The van der Waals surface area contributed by atoms with Gasteiger partial charge in [0.1, 0.15) is 6.04 Å². The first-order valence-corrected chi connectivity index (χ1v) is 11.9. The van der Waals surface area contributed by atoms with Crippen LogP contribution in [0.3, 0.4) is 0 Å². The monoisotopic (exact) mass is 432 g/mol. The predicted octanol–water partition coefficient (Wildman–Crippen LogP) is 3.35. The molecule has 2 aromatic rings.